The standard InChI is InChI=1S/C12H16N2O5S/c1-12(2,3)11(15)6-8-4-5-9(20(13,18)19)7-10(8)14(16)17/h4-5,7H,6H2,1-3H3,(H2,13,18,19). The molecule has 1 rings (SSSR count). The van der Waals surface area contributed by atoms with Crippen molar-refractivity contribution in [1.29, 1.82) is 0 Å². The Hall–Kier alpha value is -1.80. The number of carbonyl (C=O) groups excluding carboxylic acids is 1. The number of hydrogen-bond acceptors (Lipinski definition) is 5. The predicted molar refractivity (Wildman–Crippen MR) is 72.6 cm³/mol. The van der Waals surface area contributed by atoms with E-state index in [4.69, 9.17) is 5.14 Å². The van der Waals surface area contributed by atoms with Crippen LogP contribution >= 0.6 is 0 Å². The van der Waals surface area contributed by atoms with Crippen LogP contribution in [0.1, 0.15) is 26.3 Å². The van der Waals surface area contributed by atoms with Crippen molar-refractivity contribution < 1.29 is 18.1 Å². The average molecular weight is 300 g/mol. The van der Waals surface area contributed by atoms with Crippen molar-refractivity contribution in [2.24, 2.45) is 10.6 Å². The maximum absolute atomic E-state index is 11.9. The zero-order valence-corrected chi connectivity index (χ0v) is 12.2. The molecule has 110 valence electrons. The molecule has 8 heteroatoms. The lowest BCUT2D eigenvalue weighted by atomic mass is 9.87. The van der Waals surface area contributed by atoms with Crippen LogP contribution in [0.4, 0.5) is 5.69 Å². The van der Waals surface area contributed by atoms with Crippen LogP contribution in [0.15, 0.2) is 23.1 Å². The summed E-state index contributed by atoms with van der Waals surface area (Å²) in [4.78, 5) is 21.8. The summed E-state index contributed by atoms with van der Waals surface area (Å²) in [5, 5.41) is 15.9. The average Bonchev–Trinajstić information content (AvgIpc) is 2.26. The van der Waals surface area contributed by atoms with Crippen LogP contribution in [0.2, 0.25) is 0 Å². The molecular formula is C12H16N2O5S. The van der Waals surface area contributed by atoms with Gasteiger partial charge in [0.25, 0.3) is 5.69 Å². The number of sulfonamides is 1. The number of nitro benzene ring substituents is 1. The van der Waals surface area contributed by atoms with Crippen molar-refractivity contribution in [3.63, 3.8) is 0 Å². The number of rotatable bonds is 4. The van der Waals surface area contributed by atoms with Crippen molar-refractivity contribution in [3.8, 4) is 0 Å². The molecule has 0 spiro atoms. The first-order chi connectivity index (χ1) is 8.93. The first-order valence-electron chi connectivity index (χ1n) is 5.76. The van der Waals surface area contributed by atoms with E-state index >= 15 is 0 Å². The number of nitrogens with zero attached hydrogens (tertiary/aromatic N) is 1. The lowest BCUT2D eigenvalue weighted by molar-refractivity contribution is -0.385. The van der Waals surface area contributed by atoms with Crippen molar-refractivity contribution in [2.45, 2.75) is 32.1 Å². The topological polar surface area (TPSA) is 120 Å². The highest BCUT2D eigenvalue weighted by Crippen LogP contribution is 2.26. The third-order valence-electron chi connectivity index (χ3n) is 2.77. The first-order valence-corrected chi connectivity index (χ1v) is 7.31. The fourth-order valence-electron chi connectivity index (χ4n) is 1.48. The van der Waals surface area contributed by atoms with Gasteiger partial charge in [-0.05, 0) is 6.07 Å². The van der Waals surface area contributed by atoms with Gasteiger partial charge in [0, 0.05) is 23.5 Å². The molecular weight excluding hydrogens is 284 g/mol. The normalized spacial score (nSPS) is 12.2. The first kappa shape index (κ1) is 16.3. The molecule has 0 aliphatic rings. The van der Waals surface area contributed by atoms with Gasteiger partial charge in [-0.1, -0.05) is 26.8 Å². The van der Waals surface area contributed by atoms with Crippen molar-refractivity contribution in [1.82, 2.24) is 0 Å². The summed E-state index contributed by atoms with van der Waals surface area (Å²) in [5.74, 6) is -0.177. The Labute approximate surface area is 117 Å². The van der Waals surface area contributed by atoms with E-state index in [9.17, 15) is 23.3 Å². The quantitative estimate of drug-likeness (QED) is 0.665. The van der Waals surface area contributed by atoms with E-state index in [1.807, 2.05) is 0 Å². The molecule has 0 fully saturated rings. The van der Waals surface area contributed by atoms with Gasteiger partial charge >= 0.3 is 0 Å². The molecule has 20 heavy (non-hydrogen) atoms. The van der Waals surface area contributed by atoms with Crippen LogP contribution in [-0.2, 0) is 21.2 Å². The minimum absolute atomic E-state index is 0.134. The van der Waals surface area contributed by atoms with Crippen LogP contribution in [0.25, 0.3) is 0 Å². The van der Waals surface area contributed by atoms with E-state index in [0.29, 0.717) is 0 Å². The molecule has 0 amide bonds. The van der Waals surface area contributed by atoms with Gasteiger partial charge in [0.05, 0.1) is 9.82 Å². The van der Waals surface area contributed by atoms with Gasteiger partial charge in [0.2, 0.25) is 10.0 Å². The summed E-state index contributed by atoms with van der Waals surface area (Å²) in [5.41, 5.74) is -0.886. The van der Waals surface area contributed by atoms with Crippen LogP contribution in [0.5, 0.6) is 0 Å². The highest BCUT2D eigenvalue weighted by Gasteiger charge is 2.26. The second-order valence-corrected chi connectivity index (χ2v) is 7.00. The number of Topliss-reactive ketones (excluding diaryl/α,β-unsaturated/α-hetero) is 1. The number of nitro groups is 1. The SMILES string of the molecule is CC(C)(C)C(=O)Cc1ccc(S(N)(=O)=O)cc1[N+](=O)[O-]. The number of benzene rings is 1. The Morgan fingerprint density at radius 3 is 2.30 bits per heavy atom. The Morgan fingerprint density at radius 1 is 1.35 bits per heavy atom. The van der Waals surface area contributed by atoms with Crippen molar-refractivity contribution >= 4 is 21.5 Å². The highest BCUT2D eigenvalue weighted by molar-refractivity contribution is 7.89. The minimum atomic E-state index is -4.02. The highest BCUT2D eigenvalue weighted by atomic mass is 32.2. The molecule has 0 heterocycles. The van der Waals surface area contributed by atoms with E-state index in [2.05, 4.69) is 0 Å². The summed E-state index contributed by atoms with van der Waals surface area (Å²) < 4.78 is 22.4. The Morgan fingerprint density at radius 2 is 1.90 bits per heavy atom. The summed E-state index contributed by atoms with van der Waals surface area (Å²) in [6.07, 6.45) is -0.134. The molecule has 7 nitrogen and oxygen atoms in total. The third kappa shape index (κ3) is 3.84. The van der Waals surface area contributed by atoms with Gasteiger partial charge in [-0.2, -0.15) is 0 Å². The molecule has 0 aliphatic heterocycles. The van der Waals surface area contributed by atoms with Gasteiger partial charge in [0.1, 0.15) is 5.78 Å². The molecule has 0 radical (unpaired) electrons. The van der Waals surface area contributed by atoms with Gasteiger partial charge in [0.15, 0.2) is 0 Å². The molecule has 1 aromatic rings. The molecule has 0 saturated heterocycles. The van der Waals surface area contributed by atoms with Gasteiger partial charge in [-0.3, -0.25) is 14.9 Å². The molecule has 0 bridgehead atoms. The summed E-state index contributed by atoms with van der Waals surface area (Å²) in [7, 11) is -4.02. The van der Waals surface area contributed by atoms with E-state index in [-0.39, 0.29) is 22.7 Å². The van der Waals surface area contributed by atoms with E-state index in [1.54, 1.807) is 20.8 Å². The number of primary sulfonamides is 1. The Kier molecular flexibility index (Phi) is 4.30. The lowest BCUT2D eigenvalue weighted by Gasteiger charge is -2.16. The van der Waals surface area contributed by atoms with E-state index in [1.165, 1.54) is 6.07 Å². The van der Waals surface area contributed by atoms with Crippen molar-refractivity contribution in [2.75, 3.05) is 0 Å². The largest absolute Gasteiger partial charge is 0.299 e. The number of carbonyl (C=O) groups is 1. The maximum Gasteiger partial charge on any atom is 0.274 e. The van der Waals surface area contributed by atoms with Crippen LogP contribution in [-0.4, -0.2) is 19.1 Å². The van der Waals surface area contributed by atoms with Gasteiger partial charge in [-0.15, -0.1) is 0 Å². The summed E-state index contributed by atoms with van der Waals surface area (Å²) in [6.45, 7) is 5.12. The van der Waals surface area contributed by atoms with Crippen LogP contribution in [0.3, 0.4) is 0 Å². The zero-order valence-electron chi connectivity index (χ0n) is 11.4. The Bertz CT molecular complexity index is 659. The van der Waals surface area contributed by atoms with Gasteiger partial charge < -0.3 is 0 Å². The summed E-state index contributed by atoms with van der Waals surface area (Å²) >= 11 is 0. The fraction of sp³-hybridized carbons (Fsp3) is 0.417. The van der Waals surface area contributed by atoms with E-state index in [0.717, 1.165) is 12.1 Å². The lowest BCUT2D eigenvalue weighted by Crippen LogP contribution is -2.22. The Balaban J connectivity index is 3.29. The number of ketones is 1. The predicted octanol–water partition coefficient (Wildman–Crippen LogP) is 1.40. The fourth-order valence-corrected chi connectivity index (χ4v) is 2.01. The molecule has 2 N–H and O–H groups in total. The third-order valence-corrected chi connectivity index (χ3v) is 3.68. The monoisotopic (exact) mass is 300 g/mol. The molecule has 0 aromatic heterocycles. The molecule has 0 atom stereocenters. The van der Waals surface area contributed by atoms with Crippen molar-refractivity contribution in [3.05, 3.63) is 33.9 Å². The van der Waals surface area contributed by atoms with Gasteiger partial charge in [-0.25, -0.2) is 13.6 Å². The maximum atomic E-state index is 11.9. The van der Waals surface area contributed by atoms with Crippen LogP contribution in [0, 0.1) is 15.5 Å². The summed E-state index contributed by atoms with van der Waals surface area (Å²) in [6, 6.07) is 3.29. The van der Waals surface area contributed by atoms with E-state index < -0.39 is 26.0 Å². The number of hydrogen-bond donors (Lipinski definition) is 1. The van der Waals surface area contributed by atoms with Crippen LogP contribution < -0.4 is 5.14 Å². The smallest absolute Gasteiger partial charge is 0.274 e. The second kappa shape index (κ2) is 5.29. The minimum Gasteiger partial charge on any atom is -0.299 e. The second-order valence-electron chi connectivity index (χ2n) is 5.44. The molecule has 0 aliphatic carbocycles. The molecule has 1 aromatic carbocycles. The zero-order chi connectivity index (χ0) is 15.7. The number of nitrogens with two attached hydrogens (primary N) is 1. The molecule has 0 saturated carbocycles. The molecule has 0 unspecified atom stereocenters.